The highest BCUT2D eigenvalue weighted by atomic mass is 79.9. The number of benzene rings is 2. The van der Waals surface area contributed by atoms with Crippen LogP contribution < -0.4 is 0 Å². The molecule has 0 aliphatic heterocycles. The SMILES string of the molecule is COC(=O)C(C)c1cn(-c2ccc([N+](=O)[O-])cc2C)c2ccc(Br)cc12. The van der Waals surface area contributed by atoms with E-state index in [1.54, 1.807) is 19.1 Å². The number of carbonyl (C=O) groups is 1. The number of nitro groups is 1. The summed E-state index contributed by atoms with van der Waals surface area (Å²) in [6.07, 6.45) is 1.90. The van der Waals surface area contributed by atoms with Crippen molar-refractivity contribution in [2.24, 2.45) is 0 Å². The predicted octanol–water partition coefficient (Wildman–Crippen LogP) is 4.89. The molecule has 2 aromatic carbocycles. The number of methoxy groups -OCH3 is 1. The van der Waals surface area contributed by atoms with E-state index in [-0.39, 0.29) is 11.7 Å². The molecule has 1 aromatic heterocycles. The number of ether oxygens (including phenoxy) is 1. The third kappa shape index (κ3) is 3.10. The van der Waals surface area contributed by atoms with Gasteiger partial charge in [-0.15, -0.1) is 0 Å². The maximum absolute atomic E-state index is 12.1. The average molecular weight is 417 g/mol. The summed E-state index contributed by atoms with van der Waals surface area (Å²) in [5, 5.41) is 11.9. The molecule has 26 heavy (non-hydrogen) atoms. The largest absolute Gasteiger partial charge is 0.469 e. The van der Waals surface area contributed by atoms with Gasteiger partial charge in [-0.1, -0.05) is 15.9 Å². The van der Waals surface area contributed by atoms with E-state index in [1.807, 2.05) is 35.9 Å². The van der Waals surface area contributed by atoms with E-state index in [0.717, 1.165) is 32.2 Å². The standard InChI is InChI=1S/C19H17BrN2O4/c1-11-8-14(22(24)25)5-7-17(11)21-10-16(12(2)19(23)26-3)15-9-13(20)4-6-18(15)21/h4-10,12H,1-3H3. The summed E-state index contributed by atoms with van der Waals surface area (Å²) in [6.45, 7) is 3.63. The van der Waals surface area contributed by atoms with Crippen molar-refractivity contribution in [2.45, 2.75) is 19.8 Å². The molecule has 0 fully saturated rings. The maximum Gasteiger partial charge on any atom is 0.312 e. The summed E-state index contributed by atoms with van der Waals surface area (Å²) < 4.78 is 7.75. The fourth-order valence-electron chi connectivity index (χ4n) is 3.10. The molecule has 7 heteroatoms. The number of carbonyl (C=O) groups excluding carboxylic acids is 1. The lowest BCUT2D eigenvalue weighted by molar-refractivity contribution is -0.384. The number of aryl methyl sites for hydroxylation is 1. The first-order chi connectivity index (χ1) is 12.3. The minimum absolute atomic E-state index is 0.0496. The first kappa shape index (κ1) is 18.1. The van der Waals surface area contributed by atoms with Crippen LogP contribution in [0, 0.1) is 17.0 Å². The van der Waals surface area contributed by atoms with Crippen molar-refractivity contribution in [3.8, 4) is 5.69 Å². The number of hydrogen-bond donors (Lipinski definition) is 0. The molecule has 0 spiro atoms. The van der Waals surface area contributed by atoms with Crippen LogP contribution in [0.3, 0.4) is 0 Å². The van der Waals surface area contributed by atoms with Crippen LogP contribution in [0.25, 0.3) is 16.6 Å². The monoisotopic (exact) mass is 416 g/mol. The van der Waals surface area contributed by atoms with E-state index in [9.17, 15) is 14.9 Å². The molecule has 0 bridgehead atoms. The molecule has 0 aliphatic rings. The summed E-state index contributed by atoms with van der Waals surface area (Å²) in [5.74, 6) is -0.749. The van der Waals surface area contributed by atoms with Gasteiger partial charge in [0.25, 0.3) is 5.69 Å². The Morgan fingerprint density at radius 3 is 2.62 bits per heavy atom. The highest BCUT2D eigenvalue weighted by molar-refractivity contribution is 9.10. The van der Waals surface area contributed by atoms with Crippen molar-refractivity contribution in [3.05, 3.63) is 68.3 Å². The Hall–Kier alpha value is -2.67. The lowest BCUT2D eigenvalue weighted by atomic mass is 10.0. The fraction of sp³-hybridized carbons (Fsp3) is 0.211. The Morgan fingerprint density at radius 2 is 2.00 bits per heavy atom. The second-order valence-electron chi connectivity index (χ2n) is 6.09. The molecule has 1 atom stereocenters. The number of rotatable bonds is 4. The van der Waals surface area contributed by atoms with Crippen molar-refractivity contribution in [1.82, 2.24) is 4.57 Å². The van der Waals surface area contributed by atoms with Crippen LogP contribution in [0.5, 0.6) is 0 Å². The maximum atomic E-state index is 12.1. The molecule has 0 saturated carbocycles. The number of hydrogen-bond acceptors (Lipinski definition) is 4. The third-order valence-electron chi connectivity index (χ3n) is 4.47. The summed E-state index contributed by atoms with van der Waals surface area (Å²) >= 11 is 3.47. The number of nitro benzene ring substituents is 1. The zero-order chi connectivity index (χ0) is 19.0. The van der Waals surface area contributed by atoms with Crippen LogP contribution in [0.2, 0.25) is 0 Å². The highest BCUT2D eigenvalue weighted by Crippen LogP contribution is 2.34. The van der Waals surface area contributed by atoms with Crippen LogP contribution in [-0.4, -0.2) is 22.6 Å². The molecule has 0 amide bonds. The Balaban J connectivity index is 2.24. The summed E-state index contributed by atoms with van der Waals surface area (Å²) in [6, 6.07) is 10.6. The van der Waals surface area contributed by atoms with Crippen molar-refractivity contribution < 1.29 is 14.5 Å². The van der Waals surface area contributed by atoms with E-state index < -0.39 is 10.8 Å². The number of non-ortho nitro benzene ring substituents is 1. The van der Waals surface area contributed by atoms with Gasteiger partial charge in [0.05, 0.1) is 23.5 Å². The lowest BCUT2D eigenvalue weighted by Gasteiger charge is -2.09. The number of esters is 1. The zero-order valence-electron chi connectivity index (χ0n) is 14.5. The van der Waals surface area contributed by atoms with Gasteiger partial charge < -0.3 is 9.30 Å². The van der Waals surface area contributed by atoms with Gasteiger partial charge >= 0.3 is 5.97 Å². The molecular weight excluding hydrogens is 400 g/mol. The van der Waals surface area contributed by atoms with E-state index in [4.69, 9.17) is 4.74 Å². The minimum atomic E-state index is -0.434. The second kappa shape index (κ2) is 6.92. The Bertz CT molecular complexity index is 1030. The first-order valence-electron chi connectivity index (χ1n) is 7.97. The van der Waals surface area contributed by atoms with E-state index in [0.29, 0.717) is 0 Å². The average Bonchev–Trinajstić information content (AvgIpc) is 2.98. The molecule has 6 nitrogen and oxygen atoms in total. The normalized spacial score (nSPS) is 12.2. The van der Waals surface area contributed by atoms with Crippen molar-refractivity contribution in [1.29, 1.82) is 0 Å². The van der Waals surface area contributed by atoms with Crippen molar-refractivity contribution >= 4 is 38.5 Å². The predicted molar refractivity (Wildman–Crippen MR) is 103 cm³/mol. The van der Waals surface area contributed by atoms with E-state index >= 15 is 0 Å². The van der Waals surface area contributed by atoms with Gasteiger partial charge in [-0.2, -0.15) is 0 Å². The van der Waals surface area contributed by atoms with Gasteiger partial charge in [0.15, 0.2) is 0 Å². The molecule has 3 rings (SSSR count). The van der Waals surface area contributed by atoms with Gasteiger partial charge in [-0.3, -0.25) is 14.9 Å². The third-order valence-corrected chi connectivity index (χ3v) is 4.96. The van der Waals surface area contributed by atoms with Crippen molar-refractivity contribution in [2.75, 3.05) is 7.11 Å². The Kier molecular flexibility index (Phi) is 4.82. The first-order valence-corrected chi connectivity index (χ1v) is 8.76. The number of halogens is 1. The number of fused-ring (bicyclic) bond motifs is 1. The molecular formula is C19H17BrN2O4. The van der Waals surface area contributed by atoms with Crippen LogP contribution >= 0.6 is 15.9 Å². The van der Waals surface area contributed by atoms with E-state index in [2.05, 4.69) is 15.9 Å². The lowest BCUT2D eigenvalue weighted by Crippen LogP contribution is -2.10. The van der Waals surface area contributed by atoms with Crippen LogP contribution in [0.15, 0.2) is 47.1 Å². The smallest absolute Gasteiger partial charge is 0.312 e. The molecule has 1 unspecified atom stereocenters. The fourth-order valence-corrected chi connectivity index (χ4v) is 3.46. The highest BCUT2D eigenvalue weighted by Gasteiger charge is 2.22. The molecule has 3 aromatic rings. The van der Waals surface area contributed by atoms with Crippen LogP contribution in [0.1, 0.15) is 24.0 Å². The van der Waals surface area contributed by atoms with Gasteiger partial charge in [-0.05, 0) is 49.2 Å². The Morgan fingerprint density at radius 1 is 1.27 bits per heavy atom. The van der Waals surface area contributed by atoms with Gasteiger partial charge in [0.2, 0.25) is 0 Å². The van der Waals surface area contributed by atoms with Crippen LogP contribution in [0.4, 0.5) is 5.69 Å². The van der Waals surface area contributed by atoms with Crippen molar-refractivity contribution in [3.63, 3.8) is 0 Å². The van der Waals surface area contributed by atoms with Gasteiger partial charge in [-0.25, -0.2) is 0 Å². The molecule has 1 heterocycles. The quantitative estimate of drug-likeness (QED) is 0.344. The summed E-state index contributed by atoms with van der Waals surface area (Å²) in [4.78, 5) is 22.6. The topological polar surface area (TPSA) is 74.4 Å². The molecule has 0 N–H and O–H groups in total. The van der Waals surface area contributed by atoms with E-state index in [1.165, 1.54) is 13.2 Å². The zero-order valence-corrected chi connectivity index (χ0v) is 16.1. The van der Waals surface area contributed by atoms with Gasteiger partial charge in [0.1, 0.15) is 0 Å². The Labute approximate surface area is 158 Å². The summed E-state index contributed by atoms with van der Waals surface area (Å²) in [5.41, 5.74) is 3.40. The summed E-state index contributed by atoms with van der Waals surface area (Å²) in [7, 11) is 1.37. The number of nitrogens with zero attached hydrogens (tertiary/aromatic N) is 2. The number of aromatic nitrogens is 1. The minimum Gasteiger partial charge on any atom is -0.469 e. The molecule has 0 aliphatic carbocycles. The second-order valence-corrected chi connectivity index (χ2v) is 7.00. The van der Waals surface area contributed by atoms with Crippen LogP contribution in [-0.2, 0) is 9.53 Å². The molecule has 0 saturated heterocycles. The molecule has 0 radical (unpaired) electrons. The molecule has 134 valence electrons. The van der Waals surface area contributed by atoms with Gasteiger partial charge in [0, 0.05) is 33.9 Å².